The Bertz CT molecular complexity index is 927. The van der Waals surface area contributed by atoms with Crippen LogP contribution in [0.25, 0.3) is 5.70 Å². The summed E-state index contributed by atoms with van der Waals surface area (Å²) in [7, 11) is 0. The van der Waals surface area contributed by atoms with Crippen molar-refractivity contribution in [1.29, 1.82) is 0 Å². The number of tetrazole rings is 1. The Morgan fingerprint density at radius 2 is 1.83 bits per heavy atom. The maximum absolute atomic E-state index is 13.2. The average Bonchev–Trinajstić information content (AvgIpc) is 3.06. The molecular formula is C18H16FN5. The highest BCUT2D eigenvalue weighted by molar-refractivity contribution is 5.77. The third-order valence-corrected chi connectivity index (χ3v) is 4.36. The molecule has 0 saturated carbocycles. The number of rotatable bonds is 2. The standard InChI is InChI=1S/C18H16FN5/c1-11-3-4-14(9-12(11)2)16-10-17(13-5-7-15(19)8-6-13)24-18(20-16)21-22-23-24/h3-10,17H,1-2H3,(H,20,21,23)/t17-/m0/s1. The molecule has 5 nitrogen and oxygen atoms in total. The Morgan fingerprint density at radius 1 is 1.04 bits per heavy atom. The lowest BCUT2D eigenvalue weighted by atomic mass is 9.99. The van der Waals surface area contributed by atoms with Gasteiger partial charge in [0.2, 0.25) is 5.95 Å². The lowest BCUT2D eigenvalue weighted by molar-refractivity contribution is 0.582. The maximum atomic E-state index is 13.2. The summed E-state index contributed by atoms with van der Waals surface area (Å²) in [6, 6.07) is 12.5. The molecule has 0 unspecified atom stereocenters. The molecule has 0 fully saturated rings. The molecule has 1 N–H and O–H groups in total. The molecule has 0 aliphatic carbocycles. The Morgan fingerprint density at radius 3 is 2.58 bits per heavy atom. The molecule has 1 aromatic heterocycles. The van der Waals surface area contributed by atoms with E-state index in [4.69, 9.17) is 0 Å². The molecule has 3 aromatic rings. The first-order chi connectivity index (χ1) is 11.6. The molecule has 4 rings (SSSR count). The predicted octanol–water partition coefficient (Wildman–Crippen LogP) is 3.49. The van der Waals surface area contributed by atoms with Crippen molar-refractivity contribution in [3.63, 3.8) is 0 Å². The first-order valence-corrected chi connectivity index (χ1v) is 7.71. The molecule has 0 amide bonds. The first-order valence-electron chi connectivity index (χ1n) is 7.71. The van der Waals surface area contributed by atoms with Crippen LogP contribution in [0.5, 0.6) is 0 Å². The number of anilines is 1. The van der Waals surface area contributed by atoms with Crippen molar-refractivity contribution in [2.24, 2.45) is 0 Å². The van der Waals surface area contributed by atoms with Crippen molar-refractivity contribution >= 4 is 11.6 Å². The highest BCUT2D eigenvalue weighted by atomic mass is 19.1. The smallest absolute Gasteiger partial charge is 0.248 e. The number of allylic oxidation sites excluding steroid dienone is 1. The second-order valence-corrected chi connectivity index (χ2v) is 5.95. The largest absolute Gasteiger partial charge is 0.323 e. The van der Waals surface area contributed by atoms with E-state index in [1.54, 1.807) is 16.8 Å². The molecule has 1 aliphatic rings. The number of nitrogens with zero attached hydrogens (tertiary/aromatic N) is 4. The first kappa shape index (κ1) is 14.6. The van der Waals surface area contributed by atoms with Gasteiger partial charge in [0.1, 0.15) is 11.9 Å². The number of nitrogens with one attached hydrogen (secondary N) is 1. The van der Waals surface area contributed by atoms with Crippen LogP contribution in [0.4, 0.5) is 10.3 Å². The molecule has 6 heteroatoms. The topological polar surface area (TPSA) is 55.6 Å². The van der Waals surface area contributed by atoms with Gasteiger partial charge in [0.05, 0.1) is 0 Å². The van der Waals surface area contributed by atoms with Crippen molar-refractivity contribution in [2.75, 3.05) is 5.32 Å². The van der Waals surface area contributed by atoms with Gasteiger partial charge in [-0.1, -0.05) is 29.4 Å². The number of aryl methyl sites for hydroxylation is 2. The van der Waals surface area contributed by atoms with E-state index >= 15 is 0 Å². The molecule has 120 valence electrons. The van der Waals surface area contributed by atoms with Crippen LogP contribution < -0.4 is 5.32 Å². The Balaban J connectivity index is 1.81. The minimum atomic E-state index is -0.261. The summed E-state index contributed by atoms with van der Waals surface area (Å²) in [6.45, 7) is 4.17. The fourth-order valence-corrected chi connectivity index (χ4v) is 2.83. The van der Waals surface area contributed by atoms with E-state index < -0.39 is 0 Å². The summed E-state index contributed by atoms with van der Waals surface area (Å²) < 4.78 is 14.9. The normalized spacial score (nSPS) is 16.3. The molecule has 0 saturated heterocycles. The van der Waals surface area contributed by atoms with Gasteiger partial charge in [-0.25, -0.2) is 4.39 Å². The SMILES string of the molecule is Cc1ccc(C2=C[C@@H](c3ccc(F)cc3)n3nnnc3N2)cc1C. The fraction of sp³-hybridized carbons (Fsp3) is 0.167. The van der Waals surface area contributed by atoms with Gasteiger partial charge < -0.3 is 5.32 Å². The molecular weight excluding hydrogens is 305 g/mol. The van der Waals surface area contributed by atoms with Crippen LogP contribution in [0.3, 0.4) is 0 Å². The van der Waals surface area contributed by atoms with Gasteiger partial charge in [-0.05, 0) is 70.8 Å². The van der Waals surface area contributed by atoms with Crippen molar-refractivity contribution in [3.05, 3.63) is 76.6 Å². The molecule has 1 atom stereocenters. The van der Waals surface area contributed by atoms with Crippen molar-refractivity contribution in [3.8, 4) is 0 Å². The van der Waals surface area contributed by atoms with Crippen molar-refractivity contribution in [1.82, 2.24) is 20.2 Å². The van der Waals surface area contributed by atoms with Crippen LogP contribution in [-0.2, 0) is 0 Å². The van der Waals surface area contributed by atoms with Gasteiger partial charge in [0.15, 0.2) is 0 Å². The van der Waals surface area contributed by atoms with Crippen LogP contribution in [0.1, 0.15) is 28.3 Å². The number of fused-ring (bicyclic) bond motifs is 1. The minimum Gasteiger partial charge on any atom is -0.323 e. The van der Waals surface area contributed by atoms with Gasteiger partial charge in [-0.2, -0.15) is 4.68 Å². The summed E-state index contributed by atoms with van der Waals surface area (Å²) in [5.41, 5.74) is 5.40. The molecule has 0 bridgehead atoms. The van der Waals surface area contributed by atoms with Gasteiger partial charge >= 0.3 is 0 Å². The summed E-state index contributed by atoms with van der Waals surface area (Å²) in [4.78, 5) is 0. The van der Waals surface area contributed by atoms with E-state index in [0.29, 0.717) is 5.95 Å². The van der Waals surface area contributed by atoms with E-state index in [-0.39, 0.29) is 11.9 Å². The van der Waals surface area contributed by atoms with Crippen LogP contribution >= 0.6 is 0 Å². The molecule has 2 heterocycles. The molecule has 0 spiro atoms. The van der Waals surface area contributed by atoms with Crippen molar-refractivity contribution < 1.29 is 4.39 Å². The van der Waals surface area contributed by atoms with Crippen LogP contribution in [0, 0.1) is 19.7 Å². The monoisotopic (exact) mass is 321 g/mol. The molecule has 1 aliphatic heterocycles. The van der Waals surface area contributed by atoms with Gasteiger partial charge in [0.25, 0.3) is 0 Å². The number of halogens is 1. The minimum absolute atomic E-state index is 0.187. The summed E-state index contributed by atoms with van der Waals surface area (Å²) >= 11 is 0. The van der Waals surface area contributed by atoms with Gasteiger partial charge in [-0.3, -0.25) is 0 Å². The second kappa shape index (κ2) is 5.56. The number of benzene rings is 2. The Labute approximate surface area is 138 Å². The molecule has 24 heavy (non-hydrogen) atoms. The van der Waals surface area contributed by atoms with Crippen LogP contribution in [0.2, 0.25) is 0 Å². The molecule has 0 radical (unpaired) electrons. The summed E-state index contributed by atoms with van der Waals surface area (Å²) in [5, 5.41) is 15.1. The van der Waals surface area contributed by atoms with Gasteiger partial charge in [0, 0.05) is 5.70 Å². The van der Waals surface area contributed by atoms with E-state index in [1.807, 2.05) is 0 Å². The van der Waals surface area contributed by atoms with E-state index in [0.717, 1.165) is 16.8 Å². The summed E-state index contributed by atoms with van der Waals surface area (Å²) in [6.07, 6.45) is 2.06. The summed E-state index contributed by atoms with van der Waals surface area (Å²) in [5.74, 6) is 0.308. The predicted molar refractivity (Wildman–Crippen MR) is 89.9 cm³/mol. The zero-order valence-corrected chi connectivity index (χ0v) is 13.4. The van der Waals surface area contributed by atoms with E-state index in [1.165, 1.54) is 23.3 Å². The maximum Gasteiger partial charge on any atom is 0.248 e. The fourth-order valence-electron chi connectivity index (χ4n) is 2.83. The van der Waals surface area contributed by atoms with Crippen LogP contribution in [0.15, 0.2) is 48.5 Å². The lowest BCUT2D eigenvalue weighted by Crippen LogP contribution is -2.20. The number of hydrogen-bond acceptors (Lipinski definition) is 4. The Kier molecular flexibility index (Phi) is 3.37. The molecule has 2 aromatic carbocycles. The Hall–Kier alpha value is -3.02. The average molecular weight is 321 g/mol. The zero-order valence-electron chi connectivity index (χ0n) is 13.4. The van der Waals surface area contributed by atoms with Crippen LogP contribution in [-0.4, -0.2) is 20.2 Å². The highest BCUT2D eigenvalue weighted by Crippen LogP contribution is 2.32. The second-order valence-electron chi connectivity index (χ2n) is 5.95. The zero-order chi connectivity index (χ0) is 16.7. The highest BCUT2D eigenvalue weighted by Gasteiger charge is 2.24. The number of aromatic nitrogens is 4. The quantitative estimate of drug-likeness (QED) is 0.785. The van der Waals surface area contributed by atoms with Crippen molar-refractivity contribution in [2.45, 2.75) is 19.9 Å². The lowest BCUT2D eigenvalue weighted by Gasteiger charge is -2.23. The third-order valence-electron chi connectivity index (χ3n) is 4.36. The number of hydrogen-bond donors (Lipinski definition) is 1. The van der Waals surface area contributed by atoms with E-state index in [9.17, 15) is 4.39 Å². The third kappa shape index (κ3) is 2.46. The van der Waals surface area contributed by atoms with E-state index in [2.05, 4.69) is 59.0 Å². The van der Waals surface area contributed by atoms with Gasteiger partial charge in [-0.15, -0.1) is 0 Å².